The number of hydrogen-bond donors (Lipinski definition) is 1. The molecule has 7 heteroatoms. The molecular weight excluding hydrogens is 396 g/mol. The van der Waals surface area contributed by atoms with Gasteiger partial charge in [-0.25, -0.2) is 14.8 Å². The van der Waals surface area contributed by atoms with Crippen LogP contribution in [0.25, 0.3) is 11.0 Å². The Balaban J connectivity index is 1.60. The largest absolute Gasteiger partial charge is 0.462 e. The van der Waals surface area contributed by atoms with Crippen LogP contribution in [0.5, 0.6) is 0 Å². The lowest BCUT2D eigenvalue weighted by Crippen LogP contribution is -2.21. The van der Waals surface area contributed by atoms with E-state index < -0.39 is 0 Å². The number of carbonyl (C=O) groups excluding carboxylic acids is 1. The number of esters is 1. The summed E-state index contributed by atoms with van der Waals surface area (Å²) in [5.74, 6) is 1.35. The number of ether oxygens (including phenoxy) is 1. The summed E-state index contributed by atoms with van der Waals surface area (Å²) in [7, 11) is 0. The van der Waals surface area contributed by atoms with Gasteiger partial charge in [-0.15, -0.1) is 11.3 Å². The highest BCUT2D eigenvalue weighted by Gasteiger charge is 2.28. The first kappa shape index (κ1) is 19.3. The van der Waals surface area contributed by atoms with Crippen LogP contribution in [-0.2, 0) is 17.6 Å². The summed E-state index contributed by atoms with van der Waals surface area (Å²) < 4.78 is 5.41. The number of anilines is 3. The van der Waals surface area contributed by atoms with Gasteiger partial charge in [-0.2, -0.15) is 0 Å². The highest BCUT2D eigenvalue weighted by Crippen LogP contribution is 2.41. The highest BCUT2D eigenvalue weighted by atomic mass is 32.1. The molecule has 1 aliphatic carbocycles. The van der Waals surface area contributed by atoms with Crippen LogP contribution in [0, 0.1) is 0 Å². The summed E-state index contributed by atoms with van der Waals surface area (Å²) in [4.78, 5) is 26.3. The number of fused-ring (bicyclic) bond motifs is 2. The van der Waals surface area contributed by atoms with E-state index in [9.17, 15) is 4.79 Å². The van der Waals surface area contributed by atoms with Gasteiger partial charge in [-0.05, 0) is 63.1 Å². The number of carbonyl (C=O) groups is 1. The maximum Gasteiger partial charge on any atom is 0.341 e. The average Bonchev–Trinajstić information content (AvgIpc) is 3.41. The topological polar surface area (TPSA) is 67.3 Å². The molecule has 1 fully saturated rings. The van der Waals surface area contributed by atoms with E-state index in [1.807, 2.05) is 31.2 Å². The zero-order chi connectivity index (χ0) is 20.5. The molecule has 156 valence electrons. The third-order valence-electron chi connectivity index (χ3n) is 5.84. The molecule has 2 aromatic heterocycles. The van der Waals surface area contributed by atoms with Gasteiger partial charge in [0.15, 0.2) is 11.6 Å². The second-order valence-electron chi connectivity index (χ2n) is 7.84. The van der Waals surface area contributed by atoms with Crippen molar-refractivity contribution in [2.45, 2.75) is 45.4 Å². The molecule has 0 spiro atoms. The quantitative estimate of drug-likeness (QED) is 0.578. The van der Waals surface area contributed by atoms with E-state index in [0.29, 0.717) is 12.2 Å². The van der Waals surface area contributed by atoms with Crippen LogP contribution >= 0.6 is 11.3 Å². The number of para-hydroxylation sites is 2. The summed E-state index contributed by atoms with van der Waals surface area (Å²) in [5.41, 5.74) is 3.59. The van der Waals surface area contributed by atoms with E-state index in [4.69, 9.17) is 14.7 Å². The molecule has 5 rings (SSSR count). The molecule has 0 radical (unpaired) electrons. The third kappa shape index (κ3) is 3.51. The normalized spacial score (nSPS) is 16.0. The standard InChI is InChI=1S/C23H26N4O2S/c1-2-29-23(28)19-15-9-3-6-12-18(15)30-22(19)26-20-21(27-13-7-8-14-27)25-17-11-5-4-10-16(17)24-20/h4-5,10-11H,2-3,6-9,12-14H2,1H3,(H,24,26). The number of hydrogen-bond acceptors (Lipinski definition) is 7. The summed E-state index contributed by atoms with van der Waals surface area (Å²) >= 11 is 1.67. The van der Waals surface area contributed by atoms with E-state index >= 15 is 0 Å². The number of benzene rings is 1. The Labute approximate surface area is 180 Å². The molecule has 30 heavy (non-hydrogen) atoms. The second kappa shape index (κ2) is 8.22. The van der Waals surface area contributed by atoms with Gasteiger partial charge in [0.25, 0.3) is 0 Å². The monoisotopic (exact) mass is 422 g/mol. The van der Waals surface area contributed by atoms with Crippen LogP contribution in [0.4, 0.5) is 16.6 Å². The van der Waals surface area contributed by atoms with Crippen LogP contribution in [-0.4, -0.2) is 35.6 Å². The van der Waals surface area contributed by atoms with E-state index in [-0.39, 0.29) is 5.97 Å². The highest BCUT2D eigenvalue weighted by molar-refractivity contribution is 7.16. The van der Waals surface area contributed by atoms with Gasteiger partial charge < -0.3 is 15.0 Å². The van der Waals surface area contributed by atoms with Crippen molar-refractivity contribution < 1.29 is 9.53 Å². The predicted octanol–water partition coefficient (Wildman–Crippen LogP) is 5.09. The first-order valence-corrected chi connectivity index (χ1v) is 11.7. The molecule has 3 aromatic rings. The van der Waals surface area contributed by atoms with Crippen LogP contribution in [0.3, 0.4) is 0 Å². The van der Waals surface area contributed by atoms with Crippen molar-refractivity contribution in [2.75, 3.05) is 29.9 Å². The number of nitrogens with zero attached hydrogens (tertiary/aromatic N) is 3. The zero-order valence-corrected chi connectivity index (χ0v) is 18.1. The molecule has 0 atom stereocenters. The Bertz CT molecular complexity index is 1090. The van der Waals surface area contributed by atoms with Crippen LogP contribution in [0.15, 0.2) is 24.3 Å². The average molecular weight is 423 g/mol. The number of nitrogens with one attached hydrogen (secondary N) is 1. The molecule has 0 saturated carbocycles. The molecule has 1 aromatic carbocycles. The van der Waals surface area contributed by atoms with Gasteiger partial charge in [0.05, 0.1) is 23.2 Å². The van der Waals surface area contributed by atoms with Crippen molar-refractivity contribution in [3.63, 3.8) is 0 Å². The molecule has 0 unspecified atom stereocenters. The summed E-state index contributed by atoms with van der Waals surface area (Å²) in [6.45, 7) is 4.18. The van der Waals surface area contributed by atoms with Gasteiger partial charge in [0.2, 0.25) is 0 Å². The number of rotatable bonds is 5. The lowest BCUT2D eigenvalue weighted by molar-refractivity contribution is 0.0526. The summed E-state index contributed by atoms with van der Waals surface area (Å²) in [6.07, 6.45) is 6.57. The lowest BCUT2D eigenvalue weighted by atomic mass is 9.95. The Hall–Kier alpha value is -2.67. The number of thiophene rings is 1. The van der Waals surface area contributed by atoms with Crippen molar-refractivity contribution in [3.8, 4) is 0 Å². The maximum absolute atomic E-state index is 12.8. The van der Waals surface area contributed by atoms with Gasteiger partial charge in [0.1, 0.15) is 5.00 Å². The van der Waals surface area contributed by atoms with Crippen molar-refractivity contribution in [1.82, 2.24) is 9.97 Å². The zero-order valence-electron chi connectivity index (χ0n) is 17.2. The molecule has 3 heterocycles. The molecule has 1 saturated heterocycles. The minimum absolute atomic E-state index is 0.240. The number of aromatic nitrogens is 2. The fourth-order valence-electron chi connectivity index (χ4n) is 4.40. The van der Waals surface area contributed by atoms with E-state index in [2.05, 4.69) is 10.2 Å². The van der Waals surface area contributed by atoms with E-state index in [1.54, 1.807) is 11.3 Å². The smallest absolute Gasteiger partial charge is 0.341 e. The Morgan fingerprint density at radius 1 is 1.10 bits per heavy atom. The van der Waals surface area contributed by atoms with Gasteiger partial charge in [-0.3, -0.25) is 0 Å². The van der Waals surface area contributed by atoms with E-state index in [1.165, 1.54) is 11.3 Å². The van der Waals surface area contributed by atoms with Crippen LogP contribution in [0.1, 0.15) is 53.4 Å². The first-order chi connectivity index (χ1) is 14.7. The fourth-order valence-corrected chi connectivity index (χ4v) is 5.68. The van der Waals surface area contributed by atoms with Crippen LogP contribution < -0.4 is 10.2 Å². The van der Waals surface area contributed by atoms with Crippen molar-refractivity contribution in [3.05, 3.63) is 40.3 Å². The third-order valence-corrected chi connectivity index (χ3v) is 7.05. The van der Waals surface area contributed by atoms with Crippen molar-refractivity contribution >= 4 is 45.0 Å². The number of aryl methyl sites for hydroxylation is 1. The SMILES string of the molecule is CCOC(=O)c1c(Nc2nc3ccccc3nc2N2CCCC2)sc2c1CCCC2. The first-order valence-electron chi connectivity index (χ1n) is 10.8. The minimum atomic E-state index is -0.240. The molecule has 1 N–H and O–H groups in total. The van der Waals surface area contributed by atoms with E-state index in [0.717, 1.165) is 78.4 Å². The predicted molar refractivity (Wildman–Crippen MR) is 121 cm³/mol. The molecular formula is C23H26N4O2S. The molecule has 2 aliphatic rings. The molecule has 6 nitrogen and oxygen atoms in total. The van der Waals surface area contributed by atoms with Crippen molar-refractivity contribution in [2.24, 2.45) is 0 Å². The summed E-state index contributed by atoms with van der Waals surface area (Å²) in [6, 6.07) is 7.95. The molecule has 0 amide bonds. The van der Waals surface area contributed by atoms with Gasteiger partial charge in [0, 0.05) is 18.0 Å². The fraction of sp³-hybridized carbons (Fsp3) is 0.435. The Morgan fingerprint density at radius 3 is 2.60 bits per heavy atom. The summed E-state index contributed by atoms with van der Waals surface area (Å²) in [5, 5.41) is 4.35. The minimum Gasteiger partial charge on any atom is -0.462 e. The Kier molecular flexibility index (Phi) is 5.29. The maximum atomic E-state index is 12.8. The second-order valence-corrected chi connectivity index (χ2v) is 8.94. The van der Waals surface area contributed by atoms with Gasteiger partial charge >= 0.3 is 5.97 Å². The Morgan fingerprint density at radius 2 is 1.83 bits per heavy atom. The molecule has 0 bridgehead atoms. The van der Waals surface area contributed by atoms with Crippen LogP contribution in [0.2, 0.25) is 0 Å². The van der Waals surface area contributed by atoms with Crippen molar-refractivity contribution in [1.29, 1.82) is 0 Å². The molecule has 1 aliphatic heterocycles. The lowest BCUT2D eigenvalue weighted by Gasteiger charge is -2.20. The van der Waals surface area contributed by atoms with Gasteiger partial charge in [-0.1, -0.05) is 12.1 Å².